The van der Waals surface area contributed by atoms with Crippen molar-refractivity contribution in [3.8, 4) is 0 Å². The van der Waals surface area contributed by atoms with Crippen LogP contribution in [0.2, 0.25) is 0 Å². The molecule has 0 aliphatic heterocycles. The lowest BCUT2D eigenvalue weighted by atomic mass is 10.0. The van der Waals surface area contributed by atoms with Gasteiger partial charge >= 0.3 is 0 Å². The van der Waals surface area contributed by atoms with E-state index in [9.17, 15) is 9.59 Å². The molecule has 108 valence electrons. The molecule has 0 unspecified atom stereocenters. The van der Waals surface area contributed by atoms with Gasteiger partial charge in [-0.1, -0.05) is 43.7 Å². The molecule has 1 aromatic carbocycles. The molecular formula is C16H22N2O2. The summed E-state index contributed by atoms with van der Waals surface area (Å²) in [4.78, 5) is 23.6. The van der Waals surface area contributed by atoms with Crippen molar-refractivity contribution in [1.82, 2.24) is 10.6 Å². The van der Waals surface area contributed by atoms with E-state index in [2.05, 4.69) is 10.6 Å². The van der Waals surface area contributed by atoms with Crippen molar-refractivity contribution in [2.75, 3.05) is 0 Å². The van der Waals surface area contributed by atoms with Crippen LogP contribution in [0.4, 0.5) is 0 Å². The van der Waals surface area contributed by atoms with Gasteiger partial charge in [0.2, 0.25) is 11.8 Å². The van der Waals surface area contributed by atoms with Crippen LogP contribution >= 0.6 is 0 Å². The smallest absolute Gasteiger partial charge is 0.243 e. The Hall–Kier alpha value is -1.84. The number of amides is 2. The fourth-order valence-electron chi connectivity index (χ4n) is 2.49. The average Bonchev–Trinajstić information content (AvgIpc) is 3.20. The van der Waals surface area contributed by atoms with E-state index in [1.807, 2.05) is 37.3 Å². The van der Waals surface area contributed by atoms with Crippen molar-refractivity contribution >= 4 is 11.8 Å². The van der Waals surface area contributed by atoms with Gasteiger partial charge in [-0.25, -0.2) is 0 Å². The van der Waals surface area contributed by atoms with E-state index in [0.717, 1.165) is 24.8 Å². The van der Waals surface area contributed by atoms with E-state index >= 15 is 0 Å². The van der Waals surface area contributed by atoms with E-state index in [1.54, 1.807) is 0 Å². The first kappa shape index (κ1) is 14.6. The van der Waals surface area contributed by atoms with Gasteiger partial charge in [-0.15, -0.1) is 0 Å². The van der Waals surface area contributed by atoms with Crippen molar-refractivity contribution in [1.29, 1.82) is 0 Å². The number of hydrogen-bond donors (Lipinski definition) is 2. The van der Waals surface area contributed by atoms with Crippen LogP contribution in [0.1, 0.15) is 45.1 Å². The van der Waals surface area contributed by atoms with Gasteiger partial charge in [0, 0.05) is 6.92 Å². The van der Waals surface area contributed by atoms with Crippen LogP contribution in [-0.2, 0) is 15.1 Å². The van der Waals surface area contributed by atoms with Gasteiger partial charge in [0.15, 0.2) is 0 Å². The third-order valence-corrected chi connectivity index (χ3v) is 3.71. The van der Waals surface area contributed by atoms with Crippen LogP contribution in [0.5, 0.6) is 0 Å². The largest absolute Gasteiger partial charge is 0.345 e. The van der Waals surface area contributed by atoms with Gasteiger partial charge < -0.3 is 10.6 Å². The highest BCUT2D eigenvalue weighted by molar-refractivity contribution is 5.87. The molecule has 4 heteroatoms. The van der Waals surface area contributed by atoms with Gasteiger partial charge in [-0.05, 0) is 24.8 Å². The topological polar surface area (TPSA) is 58.2 Å². The van der Waals surface area contributed by atoms with Gasteiger partial charge in [-0.3, -0.25) is 9.59 Å². The summed E-state index contributed by atoms with van der Waals surface area (Å²) in [5.41, 5.74) is 0.925. The molecular weight excluding hydrogens is 252 g/mol. The molecule has 1 aromatic rings. The minimum absolute atomic E-state index is 0.0802. The summed E-state index contributed by atoms with van der Waals surface area (Å²) in [5.74, 6) is -0.244. The lowest BCUT2D eigenvalue weighted by Gasteiger charge is -2.23. The molecule has 20 heavy (non-hydrogen) atoms. The van der Waals surface area contributed by atoms with Gasteiger partial charge in [0.05, 0.1) is 5.54 Å². The molecule has 0 heterocycles. The van der Waals surface area contributed by atoms with Crippen molar-refractivity contribution in [2.45, 2.75) is 51.1 Å². The highest BCUT2D eigenvalue weighted by atomic mass is 16.2. The number of nitrogens with one attached hydrogen (secondary N) is 2. The Labute approximate surface area is 119 Å². The summed E-state index contributed by atoms with van der Waals surface area (Å²) < 4.78 is 0. The second-order valence-electron chi connectivity index (χ2n) is 5.48. The van der Waals surface area contributed by atoms with Crippen LogP contribution in [0.25, 0.3) is 0 Å². The number of hydrogen-bond acceptors (Lipinski definition) is 2. The standard InChI is InChI=1S/C16H22N2O2/c1-3-7-14(17-12(2)19)15(20)18-16(10-11-16)13-8-5-4-6-9-13/h4-6,8-9,14H,3,7,10-11H2,1-2H3,(H,17,19)(H,18,20)/t14-/m0/s1. The molecule has 0 spiro atoms. The Balaban J connectivity index is 2.04. The maximum absolute atomic E-state index is 12.4. The van der Waals surface area contributed by atoms with Crippen molar-refractivity contribution in [3.05, 3.63) is 35.9 Å². The molecule has 4 nitrogen and oxygen atoms in total. The Kier molecular flexibility index (Phi) is 4.42. The van der Waals surface area contributed by atoms with Crippen LogP contribution in [0.15, 0.2) is 30.3 Å². The number of rotatable bonds is 6. The lowest BCUT2D eigenvalue weighted by Crippen LogP contribution is -2.49. The summed E-state index contributed by atoms with van der Waals surface area (Å²) in [6.45, 7) is 3.45. The first-order valence-electron chi connectivity index (χ1n) is 7.22. The molecule has 0 aromatic heterocycles. The summed E-state index contributed by atoms with van der Waals surface area (Å²) in [6.07, 6.45) is 3.44. The van der Waals surface area contributed by atoms with Crippen LogP contribution in [-0.4, -0.2) is 17.9 Å². The Morgan fingerprint density at radius 1 is 1.25 bits per heavy atom. The lowest BCUT2D eigenvalue weighted by molar-refractivity contribution is -0.129. The molecule has 0 bridgehead atoms. The SMILES string of the molecule is CCC[C@H](NC(C)=O)C(=O)NC1(c2ccccc2)CC1. The summed E-state index contributed by atoms with van der Waals surface area (Å²) >= 11 is 0. The second-order valence-corrected chi connectivity index (χ2v) is 5.48. The normalized spacial score (nSPS) is 17.1. The van der Waals surface area contributed by atoms with Crippen LogP contribution in [0.3, 0.4) is 0 Å². The zero-order chi connectivity index (χ0) is 14.6. The van der Waals surface area contributed by atoms with Crippen LogP contribution < -0.4 is 10.6 Å². The Morgan fingerprint density at radius 2 is 1.90 bits per heavy atom. The van der Waals surface area contributed by atoms with Gasteiger partial charge in [0.1, 0.15) is 6.04 Å². The van der Waals surface area contributed by atoms with Crippen molar-refractivity contribution in [3.63, 3.8) is 0 Å². The first-order valence-corrected chi connectivity index (χ1v) is 7.22. The van der Waals surface area contributed by atoms with Crippen molar-refractivity contribution < 1.29 is 9.59 Å². The van der Waals surface area contributed by atoms with E-state index < -0.39 is 6.04 Å². The molecule has 1 aliphatic carbocycles. The van der Waals surface area contributed by atoms with E-state index in [4.69, 9.17) is 0 Å². The summed E-state index contributed by atoms with van der Waals surface area (Å²) in [6, 6.07) is 9.59. The molecule has 0 radical (unpaired) electrons. The van der Waals surface area contributed by atoms with Gasteiger partial charge in [0.25, 0.3) is 0 Å². The van der Waals surface area contributed by atoms with Gasteiger partial charge in [-0.2, -0.15) is 0 Å². The molecule has 1 atom stereocenters. The second kappa shape index (κ2) is 6.07. The average molecular weight is 274 g/mol. The zero-order valence-corrected chi connectivity index (χ0v) is 12.1. The third kappa shape index (κ3) is 3.38. The summed E-state index contributed by atoms with van der Waals surface area (Å²) in [5, 5.41) is 5.85. The minimum atomic E-state index is -0.432. The van der Waals surface area contributed by atoms with E-state index in [1.165, 1.54) is 6.92 Å². The first-order chi connectivity index (χ1) is 9.57. The molecule has 0 saturated heterocycles. The van der Waals surface area contributed by atoms with Crippen molar-refractivity contribution in [2.24, 2.45) is 0 Å². The predicted octanol–water partition coefficient (Wildman–Crippen LogP) is 2.10. The molecule has 1 saturated carbocycles. The summed E-state index contributed by atoms with van der Waals surface area (Å²) in [7, 11) is 0. The fourth-order valence-corrected chi connectivity index (χ4v) is 2.49. The van der Waals surface area contributed by atoms with E-state index in [-0.39, 0.29) is 17.4 Å². The number of benzene rings is 1. The monoisotopic (exact) mass is 274 g/mol. The quantitative estimate of drug-likeness (QED) is 0.834. The third-order valence-electron chi connectivity index (χ3n) is 3.71. The number of carbonyl (C=O) groups excluding carboxylic acids is 2. The Bertz CT molecular complexity index is 481. The zero-order valence-electron chi connectivity index (χ0n) is 12.1. The molecule has 2 N–H and O–H groups in total. The minimum Gasteiger partial charge on any atom is -0.345 e. The predicted molar refractivity (Wildman–Crippen MR) is 78.0 cm³/mol. The molecule has 2 rings (SSSR count). The van der Waals surface area contributed by atoms with E-state index in [0.29, 0.717) is 6.42 Å². The fraction of sp³-hybridized carbons (Fsp3) is 0.500. The molecule has 2 amide bonds. The molecule has 1 fully saturated rings. The Morgan fingerprint density at radius 3 is 2.40 bits per heavy atom. The molecule has 1 aliphatic rings. The van der Waals surface area contributed by atoms with Crippen LogP contribution in [0, 0.1) is 0 Å². The maximum Gasteiger partial charge on any atom is 0.243 e. The maximum atomic E-state index is 12.4. The highest BCUT2D eigenvalue weighted by Gasteiger charge is 2.46. The number of carbonyl (C=O) groups is 2. The highest BCUT2D eigenvalue weighted by Crippen LogP contribution is 2.45.